The minimum atomic E-state index is -0.345. The minimum Gasteiger partial charge on any atom is -0.239 e. The third-order valence-corrected chi connectivity index (χ3v) is 2.18. The lowest BCUT2D eigenvalue weighted by Gasteiger charge is -2.03. The molecule has 14 heavy (non-hydrogen) atoms. The van der Waals surface area contributed by atoms with Crippen LogP contribution >= 0.6 is 11.6 Å². The van der Waals surface area contributed by atoms with E-state index in [4.69, 9.17) is 11.6 Å². The number of halogens is 2. The maximum Gasteiger partial charge on any atom is 0.124 e. The van der Waals surface area contributed by atoms with Crippen LogP contribution in [0.5, 0.6) is 0 Å². The SMILES string of the molecule is Cc1ccn(-c2ccc(F)cc2Cl)n1. The average molecular weight is 211 g/mol. The largest absolute Gasteiger partial charge is 0.239 e. The molecule has 2 aromatic rings. The predicted molar refractivity (Wildman–Crippen MR) is 53.3 cm³/mol. The first-order valence-corrected chi connectivity index (χ1v) is 4.52. The molecule has 0 radical (unpaired) electrons. The van der Waals surface area contributed by atoms with Gasteiger partial charge in [-0.25, -0.2) is 9.07 Å². The predicted octanol–water partition coefficient (Wildman–Crippen LogP) is 2.97. The van der Waals surface area contributed by atoms with Gasteiger partial charge in [-0.3, -0.25) is 0 Å². The fourth-order valence-corrected chi connectivity index (χ4v) is 1.47. The summed E-state index contributed by atoms with van der Waals surface area (Å²) in [5.74, 6) is -0.345. The monoisotopic (exact) mass is 210 g/mol. The van der Waals surface area contributed by atoms with Crippen LogP contribution in [-0.2, 0) is 0 Å². The van der Waals surface area contributed by atoms with Gasteiger partial charge in [0.15, 0.2) is 0 Å². The Bertz CT molecular complexity index is 465. The van der Waals surface area contributed by atoms with E-state index in [1.165, 1.54) is 12.1 Å². The number of aromatic nitrogens is 2. The Kier molecular flexibility index (Phi) is 2.25. The van der Waals surface area contributed by atoms with Crippen LogP contribution in [0.2, 0.25) is 5.02 Å². The molecule has 0 unspecified atom stereocenters. The van der Waals surface area contributed by atoms with Crippen molar-refractivity contribution in [2.75, 3.05) is 0 Å². The lowest BCUT2D eigenvalue weighted by atomic mass is 10.3. The van der Waals surface area contributed by atoms with Gasteiger partial charge in [-0.05, 0) is 31.2 Å². The number of rotatable bonds is 1. The van der Waals surface area contributed by atoms with E-state index in [1.807, 2.05) is 13.0 Å². The van der Waals surface area contributed by atoms with Crippen LogP contribution in [0.3, 0.4) is 0 Å². The van der Waals surface area contributed by atoms with Gasteiger partial charge in [-0.2, -0.15) is 5.10 Å². The standard InChI is InChI=1S/C10H8ClFN2/c1-7-4-5-14(13-7)10-3-2-8(12)6-9(10)11/h2-6H,1H3. The van der Waals surface area contributed by atoms with E-state index in [0.717, 1.165) is 5.69 Å². The summed E-state index contributed by atoms with van der Waals surface area (Å²) in [5, 5.41) is 4.54. The molecule has 0 amide bonds. The number of benzene rings is 1. The summed E-state index contributed by atoms with van der Waals surface area (Å²) in [7, 11) is 0. The van der Waals surface area contributed by atoms with Crippen LogP contribution < -0.4 is 0 Å². The number of aryl methyl sites for hydroxylation is 1. The van der Waals surface area contributed by atoms with Gasteiger partial charge in [-0.15, -0.1) is 0 Å². The van der Waals surface area contributed by atoms with Crippen molar-refractivity contribution >= 4 is 11.6 Å². The zero-order valence-electron chi connectivity index (χ0n) is 7.54. The molecule has 2 nitrogen and oxygen atoms in total. The maximum atomic E-state index is 12.8. The minimum absolute atomic E-state index is 0.345. The van der Waals surface area contributed by atoms with Crippen LogP contribution in [0.1, 0.15) is 5.69 Å². The molecule has 0 N–H and O–H groups in total. The third kappa shape index (κ3) is 1.63. The molecule has 0 spiro atoms. The molecule has 0 bridgehead atoms. The van der Waals surface area contributed by atoms with E-state index in [0.29, 0.717) is 10.7 Å². The van der Waals surface area contributed by atoms with E-state index in [1.54, 1.807) is 16.9 Å². The normalized spacial score (nSPS) is 10.5. The molecular weight excluding hydrogens is 203 g/mol. The summed E-state index contributed by atoms with van der Waals surface area (Å²) in [4.78, 5) is 0. The van der Waals surface area contributed by atoms with Crippen molar-refractivity contribution < 1.29 is 4.39 Å². The molecule has 0 aliphatic heterocycles. The van der Waals surface area contributed by atoms with Crippen molar-refractivity contribution in [3.05, 3.63) is 47.0 Å². The molecule has 4 heteroatoms. The van der Waals surface area contributed by atoms with Gasteiger partial charge >= 0.3 is 0 Å². The quantitative estimate of drug-likeness (QED) is 0.708. The highest BCUT2D eigenvalue weighted by Gasteiger charge is 2.04. The molecule has 1 aromatic carbocycles. The Morgan fingerprint density at radius 2 is 2.14 bits per heavy atom. The molecule has 72 valence electrons. The van der Waals surface area contributed by atoms with Crippen LogP contribution in [0.15, 0.2) is 30.5 Å². The molecule has 0 fully saturated rings. The van der Waals surface area contributed by atoms with E-state index in [2.05, 4.69) is 5.10 Å². The summed E-state index contributed by atoms with van der Waals surface area (Å²) < 4.78 is 14.4. The lowest BCUT2D eigenvalue weighted by molar-refractivity contribution is 0.627. The summed E-state index contributed by atoms with van der Waals surface area (Å²) in [6.07, 6.45) is 1.79. The van der Waals surface area contributed by atoms with Crippen LogP contribution in [0, 0.1) is 12.7 Å². The second-order valence-corrected chi connectivity index (χ2v) is 3.40. The Morgan fingerprint density at radius 1 is 1.36 bits per heavy atom. The lowest BCUT2D eigenvalue weighted by Crippen LogP contribution is -1.96. The maximum absolute atomic E-state index is 12.8. The van der Waals surface area contributed by atoms with Gasteiger partial charge in [0.05, 0.1) is 16.4 Å². The molecular formula is C10H8ClFN2. The van der Waals surface area contributed by atoms with Gasteiger partial charge in [0.25, 0.3) is 0 Å². The molecule has 0 aliphatic rings. The molecule has 1 aromatic heterocycles. The van der Waals surface area contributed by atoms with Gasteiger partial charge < -0.3 is 0 Å². The number of hydrogen-bond acceptors (Lipinski definition) is 1. The van der Waals surface area contributed by atoms with Crippen molar-refractivity contribution in [2.24, 2.45) is 0 Å². The van der Waals surface area contributed by atoms with E-state index in [-0.39, 0.29) is 5.82 Å². The van der Waals surface area contributed by atoms with E-state index < -0.39 is 0 Å². The number of hydrogen-bond donors (Lipinski definition) is 0. The molecule has 0 atom stereocenters. The molecule has 0 saturated carbocycles. The van der Waals surface area contributed by atoms with Crippen LogP contribution in [0.25, 0.3) is 5.69 Å². The first-order chi connectivity index (χ1) is 6.66. The zero-order chi connectivity index (χ0) is 10.1. The van der Waals surface area contributed by atoms with Crippen molar-refractivity contribution in [1.29, 1.82) is 0 Å². The van der Waals surface area contributed by atoms with Gasteiger partial charge in [0, 0.05) is 6.20 Å². The fourth-order valence-electron chi connectivity index (χ4n) is 1.22. The highest BCUT2D eigenvalue weighted by Crippen LogP contribution is 2.20. The van der Waals surface area contributed by atoms with E-state index >= 15 is 0 Å². The second kappa shape index (κ2) is 3.42. The Labute approximate surface area is 85.9 Å². The second-order valence-electron chi connectivity index (χ2n) is 3.00. The molecule has 0 saturated heterocycles. The average Bonchev–Trinajstić information content (AvgIpc) is 2.51. The number of nitrogens with zero attached hydrogens (tertiary/aromatic N) is 2. The van der Waals surface area contributed by atoms with Gasteiger partial charge in [-0.1, -0.05) is 11.6 Å². The first kappa shape index (κ1) is 9.21. The van der Waals surface area contributed by atoms with Crippen molar-refractivity contribution in [1.82, 2.24) is 9.78 Å². The van der Waals surface area contributed by atoms with Crippen LogP contribution in [-0.4, -0.2) is 9.78 Å². The Balaban J connectivity index is 2.52. The fraction of sp³-hybridized carbons (Fsp3) is 0.100. The summed E-state index contributed by atoms with van der Waals surface area (Å²) in [6.45, 7) is 1.88. The molecule has 1 heterocycles. The van der Waals surface area contributed by atoms with Crippen molar-refractivity contribution in [2.45, 2.75) is 6.92 Å². The van der Waals surface area contributed by atoms with Gasteiger partial charge in [0.2, 0.25) is 0 Å². The summed E-state index contributed by atoms with van der Waals surface area (Å²) >= 11 is 5.87. The smallest absolute Gasteiger partial charge is 0.124 e. The van der Waals surface area contributed by atoms with Crippen molar-refractivity contribution in [3.8, 4) is 5.69 Å². The zero-order valence-corrected chi connectivity index (χ0v) is 8.29. The van der Waals surface area contributed by atoms with Crippen LogP contribution in [0.4, 0.5) is 4.39 Å². The highest BCUT2D eigenvalue weighted by atomic mass is 35.5. The topological polar surface area (TPSA) is 17.8 Å². The Hall–Kier alpha value is -1.35. The van der Waals surface area contributed by atoms with Gasteiger partial charge in [0.1, 0.15) is 5.82 Å². The first-order valence-electron chi connectivity index (χ1n) is 4.14. The Morgan fingerprint density at radius 3 is 2.71 bits per heavy atom. The third-order valence-electron chi connectivity index (χ3n) is 1.88. The highest BCUT2D eigenvalue weighted by molar-refractivity contribution is 6.32. The summed E-state index contributed by atoms with van der Waals surface area (Å²) in [6, 6.07) is 6.09. The van der Waals surface area contributed by atoms with Crippen molar-refractivity contribution in [3.63, 3.8) is 0 Å². The van der Waals surface area contributed by atoms with E-state index in [9.17, 15) is 4.39 Å². The molecule has 0 aliphatic carbocycles. The molecule has 2 rings (SSSR count). The summed E-state index contributed by atoms with van der Waals surface area (Å²) in [5.41, 5.74) is 1.58.